The molecule has 0 aliphatic carbocycles. The van der Waals surface area contributed by atoms with Gasteiger partial charge in [-0.3, -0.25) is 4.68 Å². The lowest BCUT2D eigenvalue weighted by atomic mass is 10.1. The van der Waals surface area contributed by atoms with Crippen LogP contribution in [0.5, 0.6) is 0 Å². The van der Waals surface area contributed by atoms with Crippen molar-refractivity contribution in [1.82, 2.24) is 9.78 Å². The van der Waals surface area contributed by atoms with Crippen LogP contribution in [-0.2, 0) is 4.74 Å². The number of hydrogen-bond acceptors (Lipinski definition) is 4. The fourth-order valence-electron chi connectivity index (χ4n) is 1.92. The number of carboxylic acids is 1. The molecule has 6 heteroatoms. The molecule has 2 rings (SSSR count). The van der Waals surface area contributed by atoms with E-state index in [1.165, 1.54) is 17.9 Å². The van der Waals surface area contributed by atoms with Gasteiger partial charge in [0.2, 0.25) is 0 Å². The molecule has 0 aliphatic heterocycles. The van der Waals surface area contributed by atoms with Crippen LogP contribution in [0.1, 0.15) is 39.5 Å². The summed E-state index contributed by atoms with van der Waals surface area (Å²) in [5, 5.41) is 13.0. The van der Waals surface area contributed by atoms with E-state index in [0.29, 0.717) is 0 Å². The van der Waals surface area contributed by atoms with Gasteiger partial charge in [0, 0.05) is 6.07 Å². The van der Waals surface area contributed by atoms with Gasteiger partial charge in [0.05, 0.1) is 13.2 Å². The van der Waals surface area contributed by atoms with Gasteiger partial charge in [-0.2, -0.15) is 5.10 Å². The van der Waals surface area contributed by atoms with Gasteiger partial charge in [0.15, 0.2) is 5.69 Å². The van der Waals surface area contributed by atoms with Crippen LogP contribution in [0.4, 0.5) is 0 Å². The predicted molar refractivity (Wildman–Crippen MR) is 70.8 cm³/mol. The van der Waals surface area contributed by atoms with Crippen LogP contribution in [0, 0.1) is 0 Å². The molecule has 0 saturated carbocycles. The molecule has 1 N–H and O–H groups in total. The van der Waals surface area contributed by atoms with E-state index in [1.54, 1.807) is 0 Å². The van der Waals surface area contributed by atoms with Crippen molar-refractivity contribution in [2.45, 2.75) is 13.0 Å². The van der Waals surface area contributed by atoms with Gasteiger partial charge in [0.1, 0.15) is 5.69 Å². The minimum Gasteiger partial charge on any atom is -0.476 e. The molecule has 0 radical (unpaired) electrons. The average molecular weight is 274 g/mol. The minimum atomic E-state index is -1.19. The molecule has 0 amide bonds. The summed E-state index contributed by atoms with van der Waals surface area (Å²) in [5.41, 5.74) is 0.840. The van der Waals surface area contributed by atoms with Gasteiger partial charge in [0.25, 0.3) is 0 Å². The third kappa shape index (κ3) is 2.54. The van der Waals surface area contributed by atoms with Crippen molar-refractivity contribution in [3.8, 4) is 0 Å². The van der Waals surface area contributed by atoms with Crippen LogP contribution < -0.4 is 0 Å². The fourth-order valence-corrected chi connectivity index (χ4v) is 1.92. The Hall–Kier alpha value is -2.63. The number of carbonyl (C=O) groups excluding carboxylic acids is 1. The quantitative estimate of drug-likeness (QED) is 0.862. The molecule has 104 valence electrons. The van der Waals surface area contributed by atoms with E-state index < -0.39 is 11.9 Å². The molecule has 0 spiro atoms. The van der Waals surface area contributed by atoms with Crippen LogP contribution in [0.25, 0.3) is 0 Å². The van der Waals surface area contributed by atoms with Crippen molar-refractivity contribution in [2.24, 2.45) is 0 Å². The average Bonchev–Trinajstić information content (AvgIpc) is 2.92. The standard InChI is InChI=1S/C14H14N2O4/c1-9(10-6-4-3-5-7-10)16-12(14(19)20-2)8-11(15-16)13(17)18/h3-9H,1-2H3,(H,17,18). The Bertz CT molecular complexity index is 634. The largest absolute Gasteiger partial charge is 0.476 e. The van der Waals surface area contributed by atoms with Crippen molar-refractivity contribution in [1.29, 1.82) is 0 Å². The van der Waals surface area contributed by atoms with Gasteiger partial charge in [-0.25, -0.2) is 9.59 Å². The summed E-state index contributed by atoms with van der Waals surface area (Å²) in [4.78, 5) is 22.7. The lowest BCUT2D eigenvalue weighted by Crippen LogP contribution is -2.16. The molecule has 1 unspecified atom stereocenters. The molecule has 1 aromatic carbocycles. The van der Waals surface area contributed by atoms with Crippen LogP contribution in [0.2, 0.25) is 0 Å². The fraction of sp³-hybridized carbons (Fsp3) is 0.214. The number of aromatic nitrogens is 2. The summed E-state index contributed by atoms with van der Waals surface area (Å²) in [6.07, 6.45) is 0. The number of rotatable bonds is 4. The Morgan fingerprint density at radius 1 is 1.30 bits per heavy atom. The van der Waals surface area contributed by atoms with Crippen LogP contribution in [0.3, 0.4) is 0 Å². The molecular weight excluding hydrogens is 260 g/mol. The van der Waals surface area contributed by atoms with Crippen LogP contribution in [0.15, 0.2) is 36.4 Å². The second-order valence-electron chi connectivity index (χ2n) is 4.24. The van der Waals surface area contributed by atoms with E-state index in [0.717, 1.165) is 5.56 Å². The molecule has 20 heavy (non-hydrogen) atoms. The van der Waals surface area contributed by atoms with Gasteiger partial charge >= 0.3 is 11.9 Å². The summed E-state index contributed by atoms with van der Waals surface area (Å²) in [7, 11) is 1.24. The maximum Gasteiger partial charge on any atom is 0.356 e. The lowest BCUT2D eigenvalue weighted by Gasteiger charge is -2.14. The van der Waals surface area contributed by atoms with Gasteiger partial charge < -0.3 is 9.84 Å². The van der Waals surface area contributed by atoms with E-state index >= 15 is 0 Å². The number of carbonyl (C=O) groups is 2. The van der Waals surface area contributed by atoms with E-state index in [1.807, 2.05) is 37.3 Å². The summed E-state index contributed by atoms with van der Waals surface area (Å²) in [6, 6.07) is 10.3. The number of aromatic carboxylic acids is 1. The monoisotopic (exact) mass is 274 g/mol. The lowest BCUT2D eigenvalue weighted by molar-refractivity contribution is 0.0584. The number of nitrogens with zero attached hydrogens (tertiary/aromatic N) is 2. The van der Waals surface area contributed by atoms with Gasteiger partial charge in [-0.15, -0.1) is 0 Å². The highest BCUT2D eigenvalue weighted by atomic mass is 16.5. The van der Waals surface area contributed by atoms with Crippen molar-refractivity contribution in [3.63, 3.8) is 0 Å². The van der Waals surface area contributed by atoms with E-state index in [-0.39, 0.29) is 17.4 Å². The number of benzene rings is 1. The normalized spacial score (nSPS) is 11.9. The topological polar surface area (TPSA) is 81.4 Å². The number of esters is 1. The zero-order chi connectivity index (χ0) is 14.7. The number of hydrogen-bond donors (Lipinski definition) is 1. The Morgan fingerprint density at radius 2 is 1.95 bits per heavy atom. The Labute approximate surface area is 115 Å². The number of methoxy groups -OCH3 is 1. The van der Waals surface area contributed by atoms with Crippen molar-refractivity contribution >= 4 is 11.9 Å². The Morgan fingerprint density at radius 3 is 2.50 bits per heavy atom. The summed E-state index contributed by atoms with van der Waals surface area (Å²) >= 11 is 0. The first-order valence-electron chi connectivity index (χ1n) is 6.00. The Balaban J connectivity index is 2.49. The van der Waals surface area contributed by atoms with Crippen LogP contribution in [-0.4, -0.2) is 33.9 Å². The third-order valence-corrected chi connectivity index (χ3v) is 3.00. The first kappa shape index (κ1) is 13.8. The zero-order valence-electron chi connectivity index (χ0n) is 11.1. The first-order valence-corrected chi connectivity index (χ1v) is 6.00. The Kier molecular flexibility index (Phi) is 3.84. The maximum atomic E-state index is 11.7. The van der Waals surface area contributed by atoms with Gasteiger partial charge in [-0.05, 0) is 12.5 Å². The number of ether oxygens (including phenoxy) is 1. The molecule has 2 aromatic rings. The van der Waals surface area contributed by atoms with E-state index in [9.17, 15) is 9.59 Å². The highest BCUT2D eigenvalue weighted by Gasteiger charge is 2.22. The first-order chi connectivity index (χ1) is 9.54. The molecule has 0 bridgehead atoms. The molecule has 6 nitrogen and oxygen atoms in total. The van der Waals surface area contributed by atoms with E-state index in [4.69, 9.17) is 5.11 Å². The highest BCUT2D eigenvalue weighted by molar-refractivity contribution is 5.92. The number of carboxylic acid groups (broad SMARTS) is 1. The maximum absolute atomic E-state index is 11.7. The predicted octanol–water partition coefficient (Wildman–Crippen LogP) is 1.98. The molecule has 1 heterocycles. The summed E-state index contributed by atoms with van der Waals surface area (Å²) in [5.74, 6) is -1.80. The highest BCUT2D eigenvalue weighted by Crippen LogP contribution is 2.20. The molecule has 0 aliphatic rings. The van der Waals surface area contributed by atoms with E-state index in [2.05, 4.69) is 9.84 Å². The second kappa shape index (κ2) is 5.56. The van der Waals surface area contributed by atoms with Crippen LogP contribution >= 0.6 is 0 Å². The molecule has 1 aromatic heterocycles. The second-order valence-corrected chi connectivity index (χ2v) is 4.24. The van der Waals surface area contributed by atoms with Crippen molar-refractivity contribution < 1.29 is 19.4 Å². The zero-order valence-corrected chi connectivity index (χ0v) is 11.1. The minimum absolute atomic E-state index is 0.112. The van der Waals surface area contributed by atoms with Gasteiger partial charge in [-0.1, -0.05) is 30.3 Å². The van der Waals surface area contributed by atoms with Crippen molar-refractivity contribution in [3.05, 3.63) is 53.3 Å². The molecule has 0 saturated heterocycles. The third-order valence-electron chi connectivity index (χ3n) is 3.00. The molecule has 0 fully saturated rings. The SMILES string of the molecule is COC(=O)c1cc(C(=O)O)nn1C(C)c1ccccc1. The summed E-state index contributed by atoms with van der Waals surface area (Å²) < 4.78 is 6.03. The summed E-state index contributed by atoms with van der Waals surface area (Å²) in [6.45, 7) is 1.83. The van der Waals surface area contributed by atoms with Crippen molar-refractivity contribution in [2.75, 3.05) is 7.11 Å². The molecule has 1 atom stereocenters. The smallest absolute Gasteiger partial charge is 0.356 e. The molecular formula is C14H14N2O4.